The zero-order chi connectivity index (χ0) is 8.97. The van der Waals surface area contributed by atoms with E-state index in [2.05, 4.69) is 17.1 Å². The number of nitrogens with two attached hydrogens (primary N) is 2. The highest BCUT2D eigenvalue weighted by atomic mass is 35.5. The van der Waals surface area contributed by atoms with E-state index in [1.807, 2.05) is 0 Å². The monoisotopic (exact) mass is 204 g/mol. The van der Waals surface area contributed by atoms with Gasteiger partial charge >= 0.3 is 0 Å². The minimum absolute atomic E-state index is 0. The molecule has 0 radical (unpaired) electrons. The maximum atomic E-state index is 5.18. The van der Waals surface area contributed by atoms with Crippen LogP contribution in [-0.2, 0) is 0 Å². The lowest BCUT2D eigenvalue weighted by molar-refractivity contribution is 0.557. The summed E-state index contributed by atoms with van der Waals surface area (Å²) in [6.07, 6.45) is 4.75. The molecule has 0 amide bonds. The van der Waals surface area contributed by atoms with Gasteiger partial charge in [-0.1, -0.05) is 13.3 Å². The van der Waals surface area contributed by atoms with Gasteiger partial charge in [0.15, 0.2) is 0 Å². The Kier molecular flexibility index (Phi) is 5.46. The van der Waals surface area contributed by atoms with E-state index in [1.54, 1.807) is 0 Å². The van der Waals surface area contributed by atoms with E-state index in [4.69, 9.17) is 11.5 Å². The van der Waals surface area contributed by atoms with Gasteiger partial charge in [-0.25, -0.2) is 0 Å². The second kappa shape index (κ2) is 5.80. The SMILES string of the molecule is CC1CCCCC1=NN=C(N)N.Cl. The molecule has 76 valence electrons. The van der Waals surface area contributed by atoms with Gasteiger partial charge in [-0.3, -0.25) is 0 Å². The van der Waals surface area contributed by atoms with Crippen LogP contribution in [0.15, 0.2) is 10.2 Å². The second-order valence-electron chi connectivity index (χ2n) is 3.26. The third-order valence-corrected chi connectivity index (χ3v) is 2.18. The summed E-state index contributed by atoms with van der Waals surface area (Å²) >= 11 is 0. The van der Waals surface area contributed by atoms with Gasteiger partial charge in [-0.15, -0.1) is 17.5 Å². The smallest absolute Gasteiger partial charge is 0.211 e. The molecule has 0 spiro atoms. The molecule has 0 aromatic carbocycles. The maximum absolute atomic E-state index is 5.18. The molecule has 1 aliphatic carbocycles. The van der Waals surface area contributed by atoms with E-state index in [0.29, 0.717) is 5.92 Å². The van der Waals surface area contributed by atoms with Crippen LogP contribution in [0.4, 0.5) is 0 Å². The third-order valence-electron chi connectivity index (χ3n) is 2.18. The van der Waals surface area contributed by atoms with Gasteiger partial charge in [0, 0.05) is 5.71 Å². The molecule has 0 aromatic rings. The Balaban J connectivity index is 0.00000144. The van der Waals surface area contributed by atoms with E-state index < -0.39 is 0 Å². The van der Waals surface area contributed by atoms with E-state index in [1.165, 1.54) is 19.3 Å². The number of hydrogen-bond donors (Lipinski definition) is 2. The topological polar surface area (TPSA) is 76.8 Å². The van der Waals surface area contributed by atoms with E-state index in [-0.39, 0.29) is 18.4 Å². The van der Waals surface area contributed by atoms with Crippen LogP contribution in [0, 0.1) is 5.92 Å². The molecule has 0 bridgehead atoms. The fourth-order valence-corrected chi connectivity index (χ4v) is 1.44. The van der Waals surface area contributed by atoms with E-state index in [9.17, 15) is 0 Å². The minimum atomic E-state index is 0. The first-order valence-corrected chi connectivity index (χ1v) is 4.35. The van der Waals surface area contributed by atoms with Gasteiger partial charge in [0.2, 0.25) is 5.96 Å². The van der Waals surface area contributed by atoms with E-state index >= 15 is 0 Å². The molecule has 0 heterocycles. The molecule has 0 aliphatic heterocycles. The molecule has 1 fully saturated rings. The van der Waals surface area contributed by atoms with Crippen LogP contribution in [0.1, 0.15) is 32.6 Å². The summed E-state index contributed by atoms with van der Waals surface area (Å²) in [6.45, 7) is 2.17. The third kappa shape index (κ3) is 4.12. The number of hydrogen-bond acceptors (Lipinski definition) is 2. The Morgan fingerprint density at radius 2 is 2.08 bits per heavy atom. The molecular weight excluding hydrogens is 188 g/mol. The molecule has 4 N–H and O–H groups in total. The summed E-state index contributed by atoms with van der Waals surface area (Å²) in [7, 11) is 0. The highest BCUT2D eigenvalue weighted by Gasteiger charge is 2.15. The van der Waals surface area contributed by atoms with Crippen molar-refractivity contribution in [3.8, 4) is 0 Å². The molecule has 1 saturated carbocycles. The highest BCUT2D eigenvalue weighted by Crippen LogP contribution is 2.20. The first-order valence-electron chi connectivity index (χ1n) is 4.35. The molecule has 13 heavy (non-hydrogen) atoms. The predicted octanol–water partition coefficient (Wildman–Crippen LogP) is 1.25. The molecule has 0 aromatic heterocycles. The molecule has 0 saturated heterocycles. The van der Waals surface area contributed by atoms with Crippen LogP contribution in [0.5, 0.6) is 0 Å². The van der Waals surface area contributed by atoms with E-state index in [0.717, 1.165) is 12.1 Å². The normalized spacial score (nSPS) is 25.0. The van der Waals surface area contributed by atoms with Gasteiger partial charge in [-0.05, 0) is 25.2 Å². The molecule has 1 unspecified atom stereocenters. The van der Waals surface area contributed by atoms with Gasteiger partial charge in [0.1, 0.15) is 0 Å². The Morgan fingerprint density at radius 1 is 1.38 bits per heavy atom. The Hall–Kier alpha value is -0.770. The fourth-order valence-electron chi connectivity index (χ4n) is 1.44. The fraction of sp³-hybridized carbons (Fsp3) is 0.750. The zero-order valence-corrected chi connectivity index (χ0v) is 8.68. The Morgan fingerprint density at radius 3 is 2.62 bits per heavy atom. The predicted molar refractivity (Wildman–Crippen MR) is 58.1 cm³/mol. The van der Waals surface area contributed by atoms with Crippen molar-refractivity contribution in [2.24, 2.45) is 27.6 Å². The maximum Gasteiger partial charge on any atom is 0.211 e. The molecule has 5 heteroatoms. The van der Waals surface area contributed by atoms with Gasteiger partial charge in [0.25, 0.3) is 0 Å². The van der Waals surface area contributed by atoms with Crippen LogP contribution < -0.4 is 11.5 Å². The number of guanidine groups is 1. The van der Waals surface area contributed by atoms with Crippen molar-refractivity contribution in [3.05, 3.63) is 0 Å². The number of rotatable bonds is 1. The molecule has 1 rings (SSSR count). The lowest BCUT2D eigenvalue weighted by atomic mass is 9.89. The summed E-state index contributed by atoms with van der Waals surface area (Å²) in [5.41, 5.74) is 11.5. The first kappa shape index (κ1) is 12.2. The molecular formula is C8H17ClN4. The number of nitrogens with zero attached hydrogens (tertiary/aromatic N) is 2. The lowest BCUT2D eigenvalue weighted by Gasteiger charge is -2.18. The first-order chi connectivity index (χ1) is 5.70. The van der Waals surface area contributed by atoms with Crippen molar-refractivity contribution in [2.75, 3.05) is 0 Å². The summed E-state index contributed by atoms with van der Waals surface area (Å²) in [5.74, 6) is 0.585. The quantitative estimate of drug-likeness (QED) is 0.383. The Bertz CT molecular complexity index is 208. The second-order valence-corrected chi connectivity index (χ2v) is 3.26. The zero-order valence-electron chi connectivity index (χ0n) is 7.86. The standard InChI is InChI=1S/C8H16N4.ClH/c1-6-4-2-3-5-7(6)11-12-8(9)10;/h6H,2-5H2,1H3,(H4,9,10,12);1H. The molecule has 4 nitrogen and oxygen atoms in total. The van der Waals surface area contributed by atoms with Crippen molar-refractivity contribution >= 4 is 24.1 Å². The van der Waals surface area contributed by atoms with Crippen molar-refractivity contribution in [3.63, 3.8) is 0 Å². The highest BCUT2D eigenvalue weighted by molar-refractivity contribution is 5.88. The summed E-state index contributed by atoms with van der Waals surface area (Å²) in [4.78, 5) is 0. The van der Waals surface area contributed by atoms with Gasteiger partial charge in [0.05, 0.1) is 0 Å². The molecule has 1 atom stereocenters. The Labute approximate surface area is 84.9 Å². The summed E-state index contributed by atoms with van der Waals surface area (Å²) in [5, 5.41) is 7.68. The van der Waals surface area contributed by atoms with Crippen molar-refractivity contribution in [1.82, 2.24) is 0 Å². The van der Waals surface area contributed by atoms with Crippen LogP contribution in [-0.4, -0.2) is 11.7 Å². The van der Waals surface area contributed by atoms with Crippen LogP contribution >= 0.6 is 12.4 Å². The van der Waals surface area contributed by atoms with Crippen LogP contribution in [0.25, 0.3) is 0 Å². The van der Waals surface area contributed by atoms with Crippen LogP contribution in [0.3, 0.4) is 0 Å². The summed E-state index contributed by atoms with van der Waals surface area (Å²) < 4.78 is 0. The van der Waals surface area contributed by atoms with Crippen molar-refractivity contribution in [2.45, 2.75) is 32.6 Å². The average molecular weight is 205 g/mol. The van der Waals surface area contributed by atoms with Crippen LogP contribution in [0.2, 0.25) is 0 Å². The summed E-state index contributed by atoms with van der Waals surface area (Å²) in [6, 6.07) is 0. The largest absolute Gasteiger partial charge is 0.369 e. The lowest BCUT2D eigenvalue weighted by Crippen LogP contribution is -2.23. The number of halogens is 1. The van der Waals surface area contributed by atoms with Crippen molar-refractivity contribution in [1.29, 1.82) is 0 Å². The average Bonchev–Trinajstić information content (AvgIpc) is 2.03. The van der Waals surface area contributed by atoms with Crippen molar-refractivity contribution < 1.29 is 0 Å². The minimum Gasteiger partial charge on any atom is -0.369 e. The molecule has 1 aliphatic rings. The van der Waals surface area contributed by atoms with Gasteiger partial charge < -0.3 is 11.5 Å². The van der Waals surface area contributed by atoms with Gasteiger partial charge in [-0.2, -0.15) is 5.10 Å².